The molecule has 174 valence electrons. The molecule has 8 atom stereocenters. The number of carbonyl (C=O) groups excluding carboxylic acids is 2. The molecular weight excluding hydrogens is 392 g/mol. The Labute approximate surface area is 187 Å². The number of hydrogen-bond donors (Lipinski definition) is 1. The SMILES string of the molecule is CCC(C)(C)C(=O)O[C@H]1C[C@@H](C)C=C2C=C[C@H](C)C(CCC3C[C@@H](O)[C@@H](C)C(=O)O3)C21. The molecule has 0 bridgehead atoms. The highest BCUT2D eigenvalue weighted by atomic mass is 16.6. The zero-order chi connectivity index (χ0) is 22.9. The highest BCUT2D eigenvalue weighted by Gasteiger charge is 2.43. The zero-order valence-corrected chi connectivity index (χ0v) is 20.0. The fourth-order valence-corrected chi connectivity index (χ4v) is 5.17. The number of ether oxygens (including phenoxy) is 2. The fourth-order valence-electron chi connectivity index (χ4n) is 5.17. The molecule has 0 aromatic heterocycles. The molecule has 0 saturated carbocycles. The van der Waals surface area contributed by atoms with Crippen molar-refractivity contribution in [1.82, 2.24) is 0 Å². The lowest BCUT2D eigenvalue weighted by molar-refractivity contribution is -0.170. The van der Waals surface area contributed by atoms with Gasteiger partial charge in [-0.15, -0.1) is 0 Å². The predicted octanol–water partition coefficient (Wildman–Crippen LogP) is 4.83. The maximum Gasteiger partial charge on any atom is 0.311 e. The van der Waals surface area contributed by atoms with Gasteiger partial charge in [0.25, 0.3) is 0 Å². The van der Waals surface area contributed by atoms with Crippen LogP contribution >= 0.6 is 0 Å². The molecule has 31 heavy (non-hydrogen) atoms. The Morgan fingerprint density at radius 3 is 2.58 bits per heavy atom. The first-order chi connectivity index (χ1) is 14.5. The van der Waals surface area contributed by atoms with Gasteiger partial charge in [0, 0.05) is 12.3 Å². The molecule has 0 radical (unpaired) electrons. The molecule has 3 rings (SSSR count). The lowest BCUT2D eigenvalue weighted by atomic mass is 9.65. The lowest BCUT2D eigenvalue weighted by Gasteiger charge is -2.44. The Balaban J connectivity index is 1.76. The molecule has 1 heterocycles. The summed E-state index contributed by atoms with van der Waals surface area (Å²) >= 11 is 0. The molecule has 3 aliphatic rings. The van der Waals surface area contributed by atoms with Crippen LogP contribution in [0.3, 0.4) is 0 Å². The zero-order valence-electron chi connectivity index (χ0n) is 20.0. The summed E-state index contributed by atoms with van der Waals surface area (Å²) < 4.78 is 11.7. The first kappa shape index (κ1) is 24.0. The van der Waals surface area contributed by atoms with E-state index in [9.17, 15) is 14.7 Å². The van der Waals surface area contributed by atoms with E-state index >= 15 is 0 Å². The molecule has 5 nitrogen and oxygen atoms in total. The van der Waals surface area contributed by atoms with E-state index in [-0.39, 0.29) is 30.1 Å². The van der Waals surface area contributed by atoms with E-state index < -0.39 is 17.4 Å². The second-order valence-electron chi connectivity index (χ2n) is 10.7. The van der Waals surface area contributed by atoms with Crippen LogP contribution in [0.1, 0.15) is 73.6 Å². The summed E-state index contributed by atoms with van der Waals surface area (Å²) in [6, 6.07) is 0. The summed E-state index contributed by atoms with van der Waals surface area (Å²) in [6.07, 6.45) is 9.44. The van der Waals surface area contributed by atoms with Gasteiger partial charge in [-0.2, -0.15) is 0 Å². The largest absolute Gasteiger partial charge is 0.462 e. The number of hydrogen-bond acceptors (Lipinski definition) is 5. The Kier molecular flexibility index (Phi) is 7.35. The number of carbonyl (C=O) groups is 2. The average molecular weight is 433 g/mol. The minimum atomic E-state index is -0.633. The summed E-state index contributed by atoms with van der Waals surface area (Å²) in [5.74, 6) is 0.307. The van der Waals surface area contributed by atoms with Crippen LogP contribution in [0.25, 0.3) is 0 Å². The molecular formula is C26H40O5. The van der Waals surface area contributed by atoms with E-state index in [0.717, 1.165) is 25.7 Å². The third-order valence-corrected chi connectivity index (χ3v) is 7.85. The van der Waals surface area contributed by atoms with Gasteiger partial charge in [-0.1, -0.05) is 39.0 Å². The Hall–Kier alpha value is -1.62. The van der Waals surface area contributed by atoms with Crippen molar-refractivity contribution < 1.29 is 24.2 Å². The van der Waals surface area contributed by atoms with Gasteiger partial charge in [-0.05, 0) is 69.8 Å². The van der Waals surface area contributed by atoms with Crippen LogP contribution in [0, 0.1) is 35.0 Å². The molecule has 1 aliphatic heterocycles. The number of fused-ring (bicyclic) bond motifs is 1. The van der Waals surface area contributed by atoms with Gasteiger partial charge in [-0.3, -0.25) is 9.59 Å². The van der Waals surface area contributed by atoms with Gasteiger partial charge in [-0.25, -0.2) is 0 Å². The Bertz CT molecular complexity index is 736. The number of aliphatic hydroxyl groups excluding tert-OH is 1. The van der Waals surface area contributed by atoms with Gasteiger partial charge in [0.05, 0.1) is 17.4 Å². The van der Waals surface area contributed by atoms with Gasteiger partial charge in [0.1, 0.15) is 12.2 Å². The van der Waals surface area contributed by atoms with Crippen LogP contribution in [0.4, 0.5) is 0 Å². The van der Waals surface area contributed by atoms with Crippen LogP contribution in [-0.4, -0.2) is 35.4 Å². The Morgan fingerprint density at radius 2 is 1.94 bits per heavy atom. The molecule has 1 saturated heterocycles. The quantitative estimate of drug-likeness (QED) is 0.609. The highest BCUT2D eigenvalue weighted by molar-refractivity contribution is 5.76. The van der Waals surface area contributed by atoms with E-state index in [1.54, 1.807) is 6.92 Å². The minimum Gasteiger partial charge on any atom is -0.462 e. The van der Waals surface area contributed by atoms with Crippen LogP contribution in [0.5, 0.6) is 0 Å². The second-order valence-corrected chi connectivity index (χ2v) is 10.7. The number of esters is 2. The first-order valence-corrected chi connectivity index (χ1v) is 12.0. The summed E-state index contributed by atoms with van der Waals surface area (Å²) in [4.78, 5) is 24.9. The van der Waals surface area contributed by atoms with E-state index in [1.165, 1.54) is 5.57 Å². The average Bonchev–Trinajstić information content (AvgIpc) is 2.71. The van der Waals surface area contributed by atoms with Crippen LogP contribution < -0.4 is 0 Å². The van der Waals surface area contributed by atoms with Crippen molar-refractivity contribution in [3.63, 3.8) is 0 Å². The van der Waals surface area contributed by atoms with Gasteiger partial charge < -0.3 is 14.6 Å². The first-order valence-electron chi connectivity index (χ1n) is 12.0. The summed E-state index contributed by atoms with van der Waals surface area (Å²) in [7, 11) is 0. The highest BCUT2D eigenvalue weighted by Crippen LogP contribution is 2.45. The molecule has 2 aliphatic carbocycles. The summed E-state index contributed by atoms with van der Waals surface area (Å²) in [6.45, 7) is 12.0. The maximum absolute atomic E-state index is 12.9. The maximum atomic E-state index is 12.9. The second kappa shape index (κ2) is 9.48. The topological polar surface area (TPSA) is 72.8 Å². The van der Waals surface area contributed by atoms with Gasteiger partial charge >= 0.3 is 11.9 Å². The molecule has 1 fully saturated rings. The van der Waals surface area contributed by atoms with Crippen molar-refractivity contribution in [2.45, 2.75) is 92.0 Å². The van der Waals surface area contributed by atoms with Crippen molar-refractivity contribution >= 4 is 11.9 Å². The summed E-state index contributed by atoms with van der Waals surface area (Å²) in [5, 5.41) is 10.2. The van der Waals surface area contributed by atoms with Crippen molar-refractivity contribution in [1.29, 1.82) is 0 Å². The van der Waals surface area contributed by atoms with Crippen molar-refractivity contribution in [2.24, 2.45) is 35.0 Å². The molecule has 5 heteroatoms. The fraction of sp³-hybridized carbons (Fsp3) is 0.769. The third-order valence-electron chi connectivity index (χ3n) is 7.85. The third kappa shape index (κ3) is 5.24. The van der Waals surface area contributed by atoms with E-state index in [2.05, 4.69) is 32.1 Å². The van der Waals surface area contributed by atoms with Crippen molar-refractivity contribution in [3.05, 3.63) is 23.8 Å². The van der Waals surface area contributed by atoms with Gasteiger partial charge in [0.2, 0.25) is 0 Å². The molecule has 3 unspecified atom stereocenters. The smallest absolute Gasteiger partial charge is 0.311 e. The molecule has 0 aromatic rings. The standard InChI is InChI=1S/C26H40O5/c1-7-26(5,6)25(29)31-22-13-15(2)12-18-9-8-16(3)20(23(18)22)11-10-19-14-21(27)17(4)24(28)30-19/h8-9,12,15-17,19-23,27H,7,10-11,13-14H2,1-6H3/t15-,16-,17+,19?,20?,21+,22-,23?/m0/s1. The lowest BCUT2D eigenvalue weighted by Crippen LogP contribution is -2.43. The van der Waals surface area contributed by atoms with E-state index in [4.69, 9.17) is 9.47 Å². The van der Waals surface area contributed by atoms with Crippen LogP contribution in [-0.2, 0) is 19.1 Å². The molecule has 0 aromatic carbocycles. The van der Waals surface area contributed by atoms with Crippen molar-refractivity contribution in [3.8, 4) is 0 Å². The number of rotatable bonds is 6. The monoisotopic (exact) mass is 432 g/mol. The number of allylic oxidation sites excluding steroid dienone is 3. The normalized spacial score (nSPS) is 38.2. The number of cyclic esters (lactones) is 1. The van der Waals surface area contributed by atoms with Gasteiger partial charge in [0.15, 0.2) is 0 Å². The van der Waals surface area contributed by atoms with Crippen LogP contribution in [0.2, 0.25) is 0 Å². The molecule has 0 amide bonds. The predicted molar refractivity (Wildman–Crippen MR) is 120 cm³/mol. The molecule has 0 spiro atoms. The van der Waals surface area contributed by atoms with E-state index in [1.807, 2.05) is 20.8 Å². The number of aliphatic hydroxyl groups is 1. The van der Waals surface area contributed by atoms with E-state index in [0.29, 0.717) is 24.2 Å². The minimum absolute atomic E-state index is 0.118. The summed E-state index contributed by atoms with van der Waals surface area (Å²) in [5.41, 5.74) is 0.780. The van der Waals surface area contributed by atoms with Crippen molar-refractivity contribution in [2.75, 3.05) is 0 Å². The van der Waals surface area contributed by atoms with Crippen LogP contribution in [0.15, 0.2) is 23.8 Å². The Morgan fingerprint density at radius 1 is 1.23 bits per heavy atom. The molecule has 1 N–H and O–H groups in total.